The Labute approximate surface area is 156 Å². The highest BCUT2D eigenvalue weighted by molar-refractivity contribution is 7.80. The van der Waals surface area contributed by atoms with Crippen molar-refractivity contribution in [3.63, 3.8) is 0 Å². The average molecular weight is 415 g/mol. The number of ether oxygens (including phenoxy) is 3. The van der Waals surface area contributed by atoms with Gasteiger partial charge in [0.15, 0.2) is 12.4 Å². The third-order valence-electron chi connectivity index (χ3n) is 4.57. The lowest BCUT2D eigenvalue weighted by Gasteiger charge is -2.44. The van der Waals surface area contributed by atoms with Gasteiger partial charge in [0.1, 0.15) is 6.10 Å². The lowest BCUT2D eigenvalue weighted by molar-refractivity contribution is -0.289. The lowest BCUT2D eigenvalue weighted by atomic mass is 9.93. The van der Waals surface area contributed by atoms with Crippen LogP contribution in [0.4, 0.5) is 0 Å². The van der Waals surface area contributed by atoms with Gasteiger partial charge in [-0.15, -0.1) is 0 Å². The molecule has 4 unspecified atom stereocenters. The van der Waals surface area contributed by atoms with Crippen LogP contribution in [-0.4, -0.2) is 97.4 Å². The summed E-state index contributed by atoms with van der Waals surface area (Å²) in [5.74, 6) is -1.72. The van der Waals surface area contributed by atoms with Crippen molar-refractivity contribution in [3.05, 3.63) is 0 Å². The first-order valence-electron chi connectivity index (χ1n) is 8.34. The van der Waals surface area contributed by atoms with E-state index in [9.17, 15) is 28.5 Å². The van der Waals surface area contributed by atoms with Gasteiger partial charge < -0.3 is 34.8 Å². The van der Waals surface area contributed by atoms with Crippen molar-refractivity contribution in [1.82, 2.24) is 5.32 Å². The van der Waals surface area contributed by atoms with Gasteiger partial charge in [-0.05, 0) is 7.05 Å². The van der Waals surface area contributed by atoms with Gasteiger partial charge in [0.2, 0.25) is 0 Å². The number of carbonyl (C=O) groups is 1. The summed E-state index contributed by atoms with van der Waals surface area (Å²) in [7, 11) is -3.18. The zero-order valence-electron chi connectivity index (χ0n) is 14.8. The molecule has 0 saturated carbocycles. The molecule has 0 aromatic carbocycles. The summed E-state index contributed by atoms with van der Waals surface area (Å²) in [5.41, 5.74) is 0. The molecule has 0 aromatic heterocycles. The molecule has 0 aromatic rings. The molecule has 158 valence electrons. The number of aliphatic carboxylic acids is 1. The second kappa shape index (κ2) is 9.07. The molecule has 0 amide bonds. The van der Waals surface area contributed by atoms with E-state index in [0.29, 0.717) is 0 Å². The maximum atomic E-state index is 11.4. The summed E-state index contributed by atoms with van der Waals surface area (Å²) in [6, 6.07) is -0.786. The maximum Gasteiger partial charge on any atom is 0.397 e. The number of carboxylic acid groups (broad SMARTS) is 1. The fraction of sp³-hybridized carbons (Fsp3) is 0.929. The molecule has 0 aliphatic carbocycles. The van der Waals surface area contributed by atoms with E-state index >= 15 is 0 Å². The van der Waals surface area contributed by atoms with Crippen LogP contribution in [0.1, 0.15) is 13.3 Å². The van der Waals surface area contributed by atoms with Crippen molar-refractivity contribution >= 4 is 16.4 Å². The Morgan fingerprint density at radius 2 is 2.00 bits per heavy atom. The maximum absolute atomic E-state index is 11.4. The van der Waals surface area contributed by atoms with Crippen LogP contribution in [-0.2, 0) is 33.6 Å². The molecule has 2 rings (SSSR count). The van der Waals surface area contributed by atoms with Gasteiger partial charge in [0.05, 0.1) is 37.6 Å². The number of aliphatic hydroxyl groups is 2. The predicted octanol–water partition coefficient (Wildman–Crippen LogP) is -2.26. The van der Waals surface area contributed by atoms with E-state index in [4.69, 9.17) is 18.8 Å². The largest absolute Gasteiger partial charge is 0.479 e. The summed E-state index contributed by atoms with van der Waals surface area (Å²) in [5, 5.41) is 32.7. The summed E-state index contributed by atoms with van der Waals surface area (Å²) in [4.78, 5) is 11.4. The minimum absolute atomic E-state index is 0.0244. The van der Waals surface area contributed by atoms with E-state index in [1.165, 1.54) is 7.05 Å². The van der Waals surface area contributed by atoms with E-state index in [2.05, 4.69) is 9.50 Å². The molecule has 5 N–H and O–H groups in total. The Kier molecular flexibility index (Phi) is 7.52. The highest BCUT2D eigenvalue weighted by Crippen LogP contribution is 2.29. The Morgan fingerprint density at radius 1 is 1.33 bits per heavy atom. The molecular formula is C14H25NO11S. The van der Waals surface area contributed by atoms with Gasteiger partial charge in [0.25, 0.3) is 0 Å². The molecule has 0 radical (unpaired) electrons. The summed E-state index contributed by atoms with van der Waals surface area (Å²) in [6.45, 7) is 1.12. The Hall–Kier alpha value is -0.900. The first-order valence-corrected chi connectivity index (χ1v) is 9.70. The second-order valence-electron chi connectivity index (χ2n) is 6.62. The molecule has 0 bridgehead atoms. The van der Waals surface area contributed by atoms with Gasteiger partial charge in [-0.2, -0.15) is 8.42 Å². The van der Waals surface area contributed by atoms with Crippen LogP contribution in [0, 0.1) is 5.92 Å². The summed E-state index contributed by atoms with van der Waals surface area (Å²) < 4.78 is 50.9. The average Bonchev–Trinajstić information content (AvgIpc) is 2.56. The lowest BCUT2D eigenvalue weighted by Crippen LogP contribution is -2.61. The van der Waals surface area contributed by atoms with Crippen molar-refractivity contribution < 1.29 is 51.5 Å². The van der Waals surface area contributed by atoms with Gasteiger partial charge >= 0.3 is 16.4 Å². The minimum atomic E-state index is -4.70. The zero-order chi connectivity index (χ0) is 20.4. The number of rotatable bonds is 7. The van der Waals surface area contributed by atoms with Crippen molar-refractivity contribution in [2.75, 3.05) is 20.3 Å². The Bertz CT molecular complexity index is 614. The molecule has 2 aliphatic heterocycles. The van der Waals surface area contributed by atoms with Gasteiger partial charge in [-0.3, -0.25) is 4.55 Å². The first-order chi connectivity index (χ1) is 12.5. The molecule has 2 fully saturated rings. The van der Waals surface area contributed by atoms with Crippen LogP contribution >= 0.6 is 0 Å². The first kappa shape index (κ1) is 22.4. The molecule has 27 heavy (non-hydrogen) atoms. The molecule has 2 aliphatic rings. The zero-order valence-corrected chi connectivity index (χ0v) is 15.6. The van der Waals surface area contributed by atoms with Crippen molar-refractivity contribution in [3.8, 4) is 0 Å². The van der Waals surface area contributed by atoms with Crippen LogP contribution < -0.4 is 5.32 Å². The molecule has 0 spiro atoms. The quantitative estimate of drug-likeness (QED) is 0.282. The van der Waals surface area contributed by atoms with Crippen molar-refractivity contribution in [2.45, 2.75) is 56.2 Å². The van der Waals surface area contributed by atoms with E-state index in [0.717, 1.165) is 0 Å². The van der Waals surface area contributed by atoms with Crippen LogP contribution in [0.5, 0.6) is 0 Å². The molecule has 2 saturated heterocycles. The number of hydrogen-bond donors (Lipinski definition) is 5. The Balaban J connectivity index is 2.14. The fourth-order valence-corrected chi connectivity index (χ4v) is 3.44. The molecular weight excluding hydrogens is 390 g/mol. The highest BCUT2D eigenvalue weighted by atomic mass is 32.3. The predicted molar refractivity (Wildman–Crippen MR) is 87.1 cm³/mol. The minimum Gasteiger partial charge on any atom is -0.479 e. The number of nitrogens with one attached hydrogen (secondary N) is 1. The van der Waals surface area contributed by atoms with Gasteiger partial charge in [0, 0.05) is 12.3 Å². The fourth-order valence-electron chi connectivity index (χ4n) is 3.11. The third-order valence-corrected chi connectivity index (χ3v) is 5.00. The van der Waals surface area contributed by atoms with Gasteiger partial charge in [-0.1, -0.05) is 6.92 Å². The smallest absolute Gasteiger partial charge is 0.397 e. The van der Waals surface area contributed by atoms with Crippen LogP contribution in [0.2, 0.25) is 0 Å². The monoisotopic (exact) mass is 415 g/mol. The topological polar surface area (TPSA) is 181 Å². The number of carboxylic acids is 1. The van der Waals surface area contributed by atoms with Crippen LogP contribution in [0.15, 0.2) is 0 Å². The Morgan fingerprint density at radius 3 is 2.56 bits per heavy atom. The van der Waals surface area contributed by atoms with E-state index in [-0.39, 0.29) is 13.0 Å². The summed E-state index contributed by atoms with van der Waals surface area (Å²) >= 11 is 0. The van der Waals surface area contributed by atoms with E-state index in [1.54, 1.807) is 6.92 Å². The number of likely N-dealkylation sites (N-methyl/N-ethyl adjacent to an activating group) is 1. The van der Waals surface area contributed by atoms with E-state index in [1.807, 2.05) is 0 Å². The summed E-state index contributed by atoms with van der Waals surface area (Å²) in [6.07, 6.45) is -7.14. The molecule has 12 nitrogen and oxygen atoms in total. The van der Waals surface area contributed by atoms with Gasteiger partial charge in [-0.25, -0.2) is 8.98 Å². The van der Waals surface area contributed by atoms with E-state index < -0.39 is 71.7 Å². The molecule has 2 heterocycles. The SMILES string of the molecule is CNC1[C@H](O[C@H]2C(C(=O)O)OCC(C)[C@H]2O)OC(COS(=O)(=O)O)C[C@@H]1O. The van der Waals surface area contributed by atoms with Crippen LogP contribution in [0.3, 0.4) is 0 Å². The number of aliphatic hydroxyl groups excluding tert-OH is 2. The highest BCUT2D eigenvalue weighted by Gasteiger charge is 2.47. The van der Waals surface area contributed by atoms with Crippen molar-refractivity contribution in [2.24, 2.45) is 5.92 Å². The second-order valence-corrected chi connectivity index (χ2v) is 7.71. The third kappa shape index (κ3) is 5.79. The molecule has 8 atom stereocenters. The normalized spacial score (nSPS) is 40.6. The van der Waals surface area contributed by atoms with Crippen LogP contribution in [0.25, 0.3) is 0 Å². The molecule has 13 heteroatoms. The van der Waals surface area contributed by atoms with Crippen molar-refractivity contribution in [1.29, 1.82) is 0 Å². The number of hydrogen-bond acceptors (Lipinski definition) is 10. The standard InChI is InChI=1S/C14H25NO11S/c1-6-4-23-12(13(18)19)11(10(6)17)26-14-9(15-2)8(16)3-7(25-14)5-24-27(20,21)22/h6-12,14-17H,3-5H2,1-2H3,(H,18,19)(H,20,21,22)/t6?,7?,8-,9?,10+,11+,12?,14-/m0/s1.